The molecule has 1 unspecified atom stereocenters. The van der Waals surface area contributed by atoms with E-state index in [0.717, 1.165) is 13.0 Å². The van der Waals surface area contributed by atoms with E-state index < -0.39 is 11.8 Å². The van der Waals surface area contributed by atoms with Crippen molar-refractivity contribution in [2.75, 3.05) is 13.2 Å². The second kappa shape index (κ2) is 6.83. The van der Waals surface area contributed by atoms with E-state index in [1.807, 2.05) is 0 Å². The van der Waals surface area contributed by atoms with Gasteiger partial charge in [0.2, 0.25) is 5.91 Å². The van der Waals surface area contributed by atoms with Crippen LogP contribution in [-0.2, 0) is 9.53 Å². The first-order chi connectivity index (χ1) is 9.58. The molecule has 0 aliphatic carbocycles. The lowest BCUT2D eigenvalue weighted by molar-refractivity contribution is -0.122. The molecule has 20 heavy (non-hydrogen) atoms. The van der Waals surface area contributed by atoms with Crippen molar-refractivity contribution in [3.05, 3.63) is 34.1 Å². The van der Waals surface area contributed by atoms with Gasteiger partial charge in [-0.15, -0.1) is 0 Å². The molecule has 1 N–H and O–H groups in total. The van der Waals surface area contributed by atoms with Gasteiger partial charge in [-0.3, -0.25) is 4.79 Å². The molecule has 4 nitrogen and oxygen atoms in total. The maximum atomic E-state index is 13.0. The van der Waals surface area contributed by atoms with Gasteiger partial charge in [0.15, 0.2) is 0 Å². The highest BCUT2D eigenvalue weighted by molar-refractivity contribution is 9.10. The summed E-state index contributed by atoms with van der Waals surface area (Å²) in [6.07, 6.45) is 2.20. The summed E-state index contributed by atoms with van der Waals surface area (Å²) in [7, 11) is 0. The lowest BCUT2D eigenvalue weighted by Gasteiger charge is -2.08. The van der Waals surface area contributed by atoms with E-state index in [4.69, 9.17) is 4.74 Å². The zero-order valence-corrected chi connectivity index (χ0v) is 12.4. The Morgan fingerprint density at radius 3 is 2.95 bits per heavy atom. The molecule has 0 saturated carbocycles. The molecule has 1 aromatic rings. The van der Waals surface area contributed by atoms with E-state index in [1.54, 1.807) is 0 Å². The van der Waals surface area contributed by atoms with E-state index in [9.17, 15) is 14.0 Å². The number of esters is 1. The quantitative estimate of drug-likeness (QED) is 0.660. The fraction of sp³-hybridized carbons (Fsp3) is 0.429. The van der Waals surface area contributed by atoms with Crippen LogP contribution < -0.4 is 5.32 Å². The molecule has 1 atom stereocenters. The van der Waals surface area contributed by atoms with E-state index in [2.05, 4.69) is 21.2 Å². The maximum absolute atomic E-state index is 13.0. The van der Waals surface area contributed by atoms with E-state index in [0.29, 0.717) is 18.4 Å². The number of amides is 1. The van der Waals surface area contributed by atoms with Gasteiger partial charge in [0.1, 0.15) is 5.82 Å². The lowest BCUT2D eigenvalue weighted by atomic mass is 10.0. The van der Waals surface area contributed by atoms with Crippen molar-refractivity contribution in [1.82, 2.24) is 5.32 Å². The highest BCUT2D eigenvalue weighted by atomic mass is 79.9. The van der Waals surface area contributed by atoms with Crippen molar-refractivity contribution >= 4 is 27.8 Å². The molecule has 0 radical (unpaired) electrons. The van der Waals surface area contributed by atoms with Gasteiger partial charge < -0.3 is 10.1 Å². The molecule has 1 amide bonds. The summed E-state index contributed by atoms with van der Waals surface area (Å²) < 4.78 is 18.4. The third-order valence-corrected chi connectivity index (χ3v) is 3.86. The van der Waals surface area contributed by atoms with E-state index in [1.165, 1.54) is 18.2 Å². The lowest BCUT2D eigenvalue weighted by Crippen LogP contribution is -2.19. The van der Waals surface area contributed by atoms with Crippen LogP contribution in [0.5, 0.6) is 0 Å². The second-order valence-corrected chi connectivity index (χ2v) is 5.54. The maximum Gasteiger partial charge on any atom is 0.338 e. The van der Waals surface area contributed by atoms with Gasteiger partial charge in [0.05, 0.1) is 16.6 Å². The highest BCUT2D eigenvalue weighted by Gasteiger charge is 2.23. The van der Waals surface area contributed by atoms with Gasteiger partial charge in [-0.1, -0.05) is 0 Å². The Hall–Kier alpha value is -1.43. The minimum Gasteiger partial charge on any atom is -0.462 e. The Kier molecular flexibility index (Phi) is 5.11. The normalized spacial score (nSPS) is 17.9. The molecular weight excluding hydrogens is 329 g/mol. The predicted octanol–water partition coefficient (Wildman–Crippen LogP) is 2.66. The predicted molar refractivity (Wildman–Crippen MR) is 74.7 cm³/mol. The molecule has 0 aromatic heterocycles. The Morgan fingerprint density at radius 1 is 1.50 bits per heavy atom. The summed E-state index contributed by atoms with van der Waals surface area (Å²) in [5.41, 5.74) is 0.303. The van der Waals surface area contributed by atoms with Crippen LogP contribution in [0.4, 0.5) is 4.39 Å². The number of hydrogen-bond donors (Lipinski definition) is 1. The fourth-order valence-corrected chi connectivity index (χ4v) is 2.50. The Balaban J connectivity index is 1.74. The Labute approximate surface area is 124 Å². The summed E-state index contributed by atoms with van der Waals surface area (Å²) in [5, 5.41) is 2.77. The van der Waals surface area contributed by atoms with E-state index >= 15 is 0 Å². The van der Waals surface area contributed by atoms with Crippen molar-refractivity contribution in [1.29, 1.82) is 0 Å². The van der Waals surface area contributed by atoms with Crippen molar-refractivity contribution in [3.63, 3.8) is 0 Å². The third kappa shape index (κ3) is 3.79. The zero-order valence-electron chi connectivity index (χ0n) is 10.8. The topological polar surface area (TPSA) is 55.4 Å². The van der Waals surface area contributed by atoms with Gasteiger partial charge in [-0.25, -0.2) is 9.18 Å². The molecule has 2 rings (SSSR count). The molecule has 6 heteroatoms. The molecule has 0 spiro atoms. The highest BCUT2D eigenvalue weighted by Crippen LogP contribution is 2.18. The van der Waals surface area contributed by atoms with Crippen molar-refractivity contribution < 1.29 is 18.7 Å². The average molecular weight is 344 g/mol. The third-order valence-electron chi connectivity index (χ3n) is 3.25. The first-order valence-corrected chi connectivity index (χ1v) is 7.27. The van der Waals surface area contributed by atoms with Crippen LogP contribution in [0.3, 0.4) is 0 Å². The molecule has 1 aromatic carbocycles. The largest absolute Gasteiger partial charge is 0.462 e. The Bertz CT molecular complexity index is 521. The first kappa shape index (κ1) is 15.0. The summed E-state index contributed by atoms with van der Waals surface area (Å²) >= 11 is 3.02. The number of nitrogens with one attached hydrogen (secondary N) is 1. The fourth-order valence-electron chi connectivity index (χ4n) is 2.12. The van der Waals surface area contributed by atoms with Crippen molar-refractivity contribution in [3.8, 4) is 0 Å². The first-order valence-electron chi connectivity index (χ1n) is 6.48. The molecule has 1 fully saturated rings. The van der Waals surface area contributed by atoms with Crippen LogP contribution in [0, 0.1) is 11.7 Å². The standard InChI is InChI=1S/C14H15BrFNO3/c15-11-8-10(3-4-12(11)16)14(19)20-7-1-2-9-5-6-17-13(9)18/h3-4,8-9H,1-2,5-7H2,(H,17,18). The summed E-state index contributed by atoms with van der Waals surface area (Å²) in [5.74, 6) is -0.789. The van der Waals surface area contributed by atoms with Crippen LogP contribution in [0.2, 0.25) is 0 Å². The van der Waals surface area contributed by atoms with Crippen LogP contribution in [0.25, 0.3) is 0 Å². The van der Waals surface area contributed by atoms with Gasteiger partial charge in [0.25, 0.3) is 0 Å². The van der Waals surface area contributed by atoms with Gasteiger partial charge in [0, 0.05) is 12.5 Å². The number of carbonyl (C=O) groups is 2. The molecule has 1 heterocycles. The summed E-state index contributed by atoms with van der Waals surface area (Å²) in [6.45, 7) is 0.991. The SMILES string of the molecule is O=C(OCCCC1CCNC1=O)c1ccc(F)c(Br)c1. The zero-order chi connectivity index (χ0) is 14.5. The van der Waals surface area contributed by atoms with Gasteiger partial charge in [-0.05, 0) is 53.4 Å². The van der Waals surface area contributed by atoms with Crippen molar-refractivity contribution in [2.24, 2.45) is 5.92 Å². The summed E-state index contributed by atoms with van der Waals surface area (Å²) in [6, 6.07) is 3.98. The van der Waals surface area contributed by atoms with Crippen LogP contribution in [-0.4, -0.2) is 25.0 Å². The monoisotopic (exact) mass is 343 g/mol. The average Bonchev–Trinajstić information content (AvgIpc) is 2.83. The van der Waals surface area contributed by atoms with Crippen molar-refractivity contribution in [2.45, 2.75) is 19.3 Å². The summed E-state index contributed by atoms with van der Waals surface area (Å²) in [4.78, 5) is 23.1. The number of carbonyl (C=O) groups excluding carboxylic acids is 2. The smallest absolute Gasteiger partial charge is 0.338 e. The van der Waals surface area contributed by atoms with Gasteiger partial charge in [-0.2, -0.15) is 0 Å². The molecule has 108 valence electrons. The van der Waals surface area contributed by atoms with Gasteiger partial charge >= 0.3 is 5.97 Å². The minimum atomic E-state index is -0.485. The minimum absolute atomic E-state index is 0.0358. The van der Waals surface area contributed by atoms with Crippen LogP contribution in [0.15, 0.2) is 22.7 Å². The Morgan fingerprint density at radius 2 is 2.30 bits per heavy atom. The number of ether oxygens (including phenoxy) is 1. The number of benzene rings is 1. The number of rotatable bonds is 5. The number of halogens is 2. The second-order valence-electron chi connectivity index (χ2n) is 4.68. The molecule has 0 bridgehead atoms. The molecule has 1 saturated heterocycles. The molecular formula is C14H15BrFNO3. The van der Waals surface area contributed by atoms with Crippen LogP contribution >= 0.6 is 15.9 Å². The van der Waals surface area contributed by atoms with E-state index in [-0.39, 0.29) is 22.9 Å². The number of hydrogen-bond acceptors (Lipinski definition) is 3. The molecule has 1 aliphatic heterocycles. The van der Waals surface area contributed by atoms with Crippen LogP contribution in [0.1, 0.15) is 29.6 Å². The molecule has 1 aliphatic rings.